The fourth-order valence-electron chi connectivity index (χ4n) is 3.42. The highest BCUT2D eigenvalue weighted by molar-refractivity contribution is 6.35. The molecule has 150 valence electrons. The van der Waals surface area contributed by atoms with Crippen molar-refractivity contribution >= 4 is 23.4 Å². The SMILES string of the molecule is O=C(NCc1cccnc1)C(=O)N[C@@H]1C(=O)N(Cc2ccccc2)c2ccccc21. The highest BCUT2D eigenvalue weighted by Crippen LogP contribution is 2.36. The van der Waals surface area contributed by atoms with Crippen LogP contribution in [0.3, 0.4) is 0 Å². The zero-order chi connectivity index (χ0) is 20.9. The second-order valence-corrected chi connectivity index (χ2v) is 6.92. The molecule has 7 nitrogen and oxygen atoms in total. The molecule has 4 rings (SSSR count). The summed E-state index contributed by atoms with van der Waals surface area (Å²) in [4.78, 5) is 43.3. The van der Waals surface area contributed by atoms with Gasteiger partial charge in [0.2, 0.25) is 0 Å². The van der Waals surface area contributed by atoms with Gasteiger partial charge in [0.05, 0.1) is 6.54 Å². The van der Waals surface area contributed by atoms with Gasteiger partial charge in [-0.2, -0.15) is 0 Å². The van der Waals surface area contributed by atoms with Crippen LogP contribution < -0.4 is 15.5 Å². The van der Waals surface area contributed by atoms with E-state index >= 15 is 0 Å². The van der Waals surface area contributed by atoms with Crippen molar-refractivity contribution in [3.63, 3.8) is 0 Å². The van der Waals surface area contributed by atoms with Gasteiger partial charge >= 0.3 is 11.8 Å². The average molecular weight is 400 g/mol. The molecule has 0 aliphatic carbocycles. The summed E-state index contributed by atoms with van der Waals surface area (Å²) in [6.45, 7) is 0.561. The van der Waals surface area contributed by atoms with Gasteiger partial charge in [0.1, 0.15) is 6.04 Å². The minimum Gasteiger partial charge on any atom is -0.344 e. The standard InChI is InChI=1S/C23H20N4O3/c28-21(25-14-17-9-6-12-24-13-17)22(29)26-20-18-10-4-5-11-19(18)27(23(20)30)15-16-7-2-1-3-8-16/h1-13,20H,14-15H2,(H,25,28)(H,26,29)/t20-/m0/s1. The van der Waals surface area contributed by atoms with Gasteiger partial charge in [0.25, 0.3) is 5.91 Å². The van der Waals surface area contributed by atoms with Crippen molar-refractivity contribution < 1.29 is 14.4 Å². The van der Waals surface area contributed by atoms with E-state index < -0.39 is 17.9 Å². The molecule has 2 N–H and O–H groups in total. The van der Waals surface area contributed by atoms with E-state index in [0.29, 0.717) is 12.1 Å². The zero-order valence-electron chi connectivity index (χ0n) is 16.1. The third-order valence-electron chi connectivity index (χ3n) is 4.89. The summed E-state index contributed by atoms with van der Waals surface area (Å²) in [5, 5.41) is 5.13. The summed E-state index contributed by atoms with van der Waals surface area (Å²) in [6, 6.07) is 19.5. The lowest BCUT2D eigenvalue weighted by Crippen LogP contribution is -2.44. The van der Waals surface area contributed by atoms with E-state index in [4.69, 9.17) is 0 Å². The van der Waals surface area contributed by atoms with E-state index in [1.807, 2.05) is 42.5 Å². The van der Waals surface area contributed by atoms with E-state index in [-0.39, 0.29) is 12.5 Å². The van der Waals surface area contributed by atoms with Crippen molar-refractivity contribution in [1.82, 2.24) is 15.6 Å². The lowest BCUT2D eigenvalue weighted by atomic mass is 10.1. The largest absolute Gasteiger partial charge is 0.344 e. The molecule has 0 saturated heterocycles. The number of nitrogens with one attached hydrogen (secondary N) is 2. The molecule has 30 heavy (non-hydrogen) atoms. The lowest BCUT2D eigenvalue weighted by molar-refractivity contribution is -0.140. The van der Waals surface area contributed by atoms with Crippen LogP contribution in [-0.2, 0) is 27.5 Å². The summed E-state index contributed by atoms with van der Waals surface area (Å²) in [7, 11) is 0. The monoisotopic (exact) mass is 400 g/mol. The maximum absolute atomic E-state index is 13.1. The van der Waals surface area contributed by atoms with Crippen LogP contribution in [0, 0.1) is 0 Å². The molecule has 0 saturated carbocycles. The third-order valence-corrected chi connectivity index (χ3v) is 4.89. The molecule has 3 amide bonds. The number of anilines is 1. The van der Waals surface area contributed by atoms with Crippen LogP contribution in [0.4, 0.5) is 5.69 Å². The Morgan fingerprint density at radius 2 is 1.63 bits per heavy atom. The number of nitrogens with zero attached hydrogens (tertiary/aromatic N) is 2. The number of benzene rings is 2. The number of para-hydroxylation sites is 1. The molecular weight excluding hydrogens is 380 g/mol. The lowest BCUT2D eigenvalue weighted by Gasteiger charge is -2.18. The Kier molecular flexibility index (Phi) is 5.52. The van der Waals surface area contributed by atoms with Gasteiger partial charge in [0, 0.05) is 30.2 Å². The molecule has 0 unspecified atom stereocenters. The van der Waals surface area contributed by atoms with E-state index in [0.717, 1.165) is 16.8 Å². The predicted molar refractivity (Wildman–Crippen MR) is 111 cm³/mol. The number of rotatable bonds is 5. The minimum atomic E-state index is -0.901. The number of fused-ring (bicyclic) bond motifs is 1. The first-order valence-corrected chi connectivity index (χ1v) is 9.55. The highest BCUT2D eigenvalue weighted by atomic mass is 16.2. The molecule has 1 aliphatic rings. The Balaban J connectivity index is 1.46. The van der Waals surface area contributed by atoms with Gasteiger partial charge in [0.15, 0.2) is 0 Å². The first-order chi connectivity index (χ1) is 14.6. The number of aromatic nitrogens is 1. The minimum absolute atomic E-state index is 0.176. The fourth-order valence-corrected chi connectivity index (χ4v) is 3.42. The van der Waals surface area contributed by atoms with Crippen molar-refractivity contribution in [3.05, 3.63) is 95.8 Å². The van der Waals surface area contributed by atoms with Crippen LogP contribution in [-0.4, -0.2) is 22.7 Å². The molecule has 1 aliphatic heterocycles. The number of hydrogen-bond donors (Lipinski definition) is 2. The Hall–Kier alpha value is -4.00. The maximum atomic E-state index is 13.1. The van der Waals surface area contributed by atoms with Gasteiger partial charge in [-0.15, -0.1) is 0 Å². The third kappa shape index (κ3) is 4.05. The normalized spacial score (nSPS) is 14.9. The summed E-state index contributed by atoms with van der Waals surface area (Å²) in [6.07, 6.45) is 3.23. The second kappa shape index (κ2) is 8.57. The first kappa shape index (κ1) is 19.3. The molecule has 0 radical (unpaired) electrons. The maximum Gasteiger partial charge on any atom is 0.310 e. The van der Waals surface area contributed by atoms with Crippen LogP contribution in [0.5, 0.6) is 0 Å². The van der Waals surface area contributed by atoms with Crippen molar-refractivity contribution in [2.75, 3.05) is 4.90 Å². The quantitative estimate of drug-likeness (QED) is 0.642. The molecule has 7 heteroatoms. The number of carbonyl (C=O) groups is 3. The first-order valence-electron chi connectivity index (χ1n) is 9.55. The van der Waals surface area contributed by atoms with Crippen molar-refractivity contribution in [2.24, 2.45) is 0 Å². The van der Waals surface area contributed by atoms with Crippen LogP contribution in [0.1, 0.15) is 22.7 Å². The van der Waals surface area contributed by atoms with E-state index in [1.54, 1.807) is 41.6 Å². The molecule has 0 spiro atoms. The van der Waals surface area contributed by atoms with Gasteiger partial charge in [-0.1, -0.05) is 54.6 Å². The van der Waals surface area contributed by atoms with Gasteiger partial charge < -0.3 is 15.5 Å². The summed E-state index contributed by atoms with van der Waals surface area (Å²) < 4.78 is 0. The second-order valence-electron chi connectivity index (χ2n) is 6.92. The van der Waals surface area contributed by atoms with Crippen molar-refractivity contribution in [1.29, 1.82) is 0 Å². The molecule has 0 fully saturated rings. The number of hydrogen-bond acceptors (Lipinski definition) is 4. The number of carbonyl (C=O) groups excluding carboxylic acids is 3. The Morgan fingerprint density at radius 3 is 2.40 bits per heavy atom. The van der Waals surface area contributed by atoms with E-state index in [2.05, 4.69) is 15.6 Å². The molecule has 1 aromatic heterocycles. The topological polar surface area (TPSA) is 91.4 Å². The van der Waals surface area contributed by atoms with Crippen molar-refractivity contribution in [2.45, 2.75) is 19.1 Å². The average Bonchev–Trinajstić information content (AvgIpc) is 3.05. The summed E-state index contributed by atoms with van der Waals surface area (Å²) in [5.41, 5.74) is 3.15. The Labute approximate surface area is 173 Å². The van der Waals surface area contributed by atoms with Crippen LogP contribution in [0.2, 0.25) is 0 Å². The number of pyridine rings is 1. The van der Waals surface area contributed by atoms with Crippen LogP contribution >= 0.6 is 0 Å². The number of amides is 3. The van der Waals surface area contributed by atoms with Crippen LogP contribution in [0.25, 0.3) is 0 Å². The molecule has 2 aromatic carbocycles. The van der Waals surface area contributed by atoms with Crippen LogP contribution in [0.15, 0.2) is 79.1 Å². The summed E-state index contributed by atoms with van der Waals surface area (Å²) >= 11 is 0. The van der Waals surface area contributed by atoms with Crippen molar-refractivity contribution in [3.8, 4) is 0 Å². The Bertz CT molecular complexity index is 1070. The molecule has 1 atom stereocenters. The Morgan fingerprint density at radius 1 is 0.900 bits per heavy atom. The fraction of sp³-hybridized carbons (Fsp3) is 0.130. The smallest absolute Gasteiger partial charge is 0.310 e. The van der Waals surface area contributed by atoms with Gasteiger partial charge in [-0.05, 0) is 23.3 Å². The van der Waals surface area contributed by atoms with E-state index in [9.17, 15) is 14.4 Å². The van der Waals surface area contributed by atoms with E-state index in [1.165, 1.54) is 0 Å². The summed E-state index contributed by atoms with van der Waals surface area (Å²) in [5.74, 6) is -1.92. The zero-order valence-corrected chi connectivity index (χ0v) is 16.1. The molecule has 0 bridgehead atoms. The highest BCUT2D eigenvalue weighted by Gasteiger charge is 2.38. The van der Waals surface area contributed by atoms with Gasteiger partial charge in [-0.3, -0.25) is 19.4 Å². The molecule has 2 heterocycles. The van der Waals surface area contributed by atoms with Gasteiger partial charge in [-0.25, -0.2) is 0 Å². The molecule has 3 aromatic rings. The predicted octanol–water partition coefficient (Wildman–Crippen LogP) is 2.10. The molecular formula is C23H20N4O3.